The summed E-state index contributed by atoms with van der Waals surface area (Å²) in [4.78, 5) is 26.6. The van der Waals surface area contributed by atoms with E-state index in [0.29, 0.717) is 11.4 Å². The van der Waals surface area contributed by atoms with Crippen molar-refractivity contribution in [1.82, 2.24) is 23.6 Å². The summed E-state index contributed by atoms with van der Waals surface area (Å²) in [6.45, 7) is 4.77. The van der Waals surface area contributed by atoms with Crippen molar-refractivity contribution in [1.29, 1.82) is 0 Å². The number of ether oxygens (including phenoxy) is 1. The SMILES string of the molecule is COC(=O)c1csc(S(=O)(=O)N2CCN(C(=O)c3cnn(C)c3-n3c(C)ccc3C)CC2)c1. The van der Waals surface area contributed by atoms with Gasteiger partial charge in [-0.3, -0.25) is 9.48 Å². The Morgan fingerprint density at radius 2 is 1.73 bits per heavy atom. The van der Waals surface area contributed by atoms with Crippen molar-refractivity contribution in [2.75, 3.05) is 33.3 Å². The summed E-state index contributed by atoms with van der Waals surface area (Å²) in [5.41, 5.74) is 2.65. The Balaban J connectivity index is 1.51. The van der Waals surface area contributed by atoms with Gasteiger partial charge in [-0.1, -0.05) is 0 Å². The molecule has 0 unspecified atom stereocenters. The normalized spacial score (nSPS) is 15.1. The van der Waals surface area contributed by atoms with Crippen LogP contribution in [-0.4, -0.2) is 77.1 Å². The number of esters is 1. The van der Waals surface area contributed by atoms with Gasteiger partial charge in [0.25, 0.3) is 15.9 Å². The quantitative estimate of drug-likeness (QED) is 0.504. The van der Waals surface area contributed by atoms with Crippen molar-refractivity contribution in [3.8, 4) is 5.82 Å². The molecule has 1 fully saturated rings. The Morgan fingerprint density at radius 3 is 2.33 bits per heavy atom. The molecule has 0 N–H and O–H groups in total. The number of hydrogen-bond donors (Lipinski definition) is 0. The van der Waals surface area contributed by atoms with Gasteiger partial charge in [-0.25, -0.2) is 13.2 Å². The maximum absolute atomic E-state index is 13.3. The van der Waals surface area contributed by atoms with Gasteiger partial charge in [0.2, 0.25) is 0 Å². The first kappa shape index (κ1) is 23.2. The molecule has 4 rings (SSSR count). The molecule has 10 nitrogen and oxygen atoms in total. The summed E-state index contributed by atoms with van der Waals surface area (Å²) in [5.74, 6) is -0.0840. The molecule has 1 aliphatic heterocycles. The summed E-state index contributed by atoms with van der Waals surface area (Å²) < 4.78 is 35.7. The molecule has 3 aromatic heterocycles. The van der Waals surface area contributed by atoms with Gasteiger partial charge >= 0.3 is 5.97 Å². The molecule has 1 saturated heterocycles. The molecule has 0 bridgehead atoms. The highest BCUT2D eigenvalue weighted by Gasteiger charge is 2.33. The number of sulfonamides is 1. The fraction of sp³-hybridized carbons (Fsp3) is 0.381. The Morgan fingerprint density at radius 1 is 1.09 bits per heavy atom. The highest BCUT2D eigenvalue weighted by Crippen LogP contribution is 2.26. The lowest BCUT2D eigenvalue weighted by Crippen LogP contribution is -2.50. The predicted molar refractivity (Wildman–Crippen MR) is 122 cm³/mol. The van der Waals surface area contributed by atoms with E-state index in [9.17, 15) is 18.0 Å². The zero-order valence-corrected chi connectivity index (χ0v) is 20.4. The lowest BCUT2D eigenvalue weighted by Gasteiger charge is -2.33. The van der Waals surface area contributed by atoms with E-state index < -0.39 is 16.0 Å². The zero-order valence-electron chi connectivity index (χ0n) is 18.8. The van der Waals surface area contributed by atoms with Gasteiger partial charge in [0.1, 0.15) is 15.6 Å². The summed E-state index contributed by atoms with van der Waals surface area (Å²) in [6.07, 6.45) is 1.56. The average Bonchev–Trinajstić information content (AvgIpc) is 3.52. The summed E-state index contributed by atoms with van der Waals surface area (Å²) in [6, 6.07) is 5.29. The molecule has 0 aliphatic carbocycles. The van der Waals surface area contributed by atoms with Crippen LogP contribution in [-0.2, 0) is 21.8 Å². The number of nitrogens with zero attached hydrogens (tertiary/aromatic N) is 5. The van der Waals surface area contributed by atoms with Gasteiger partial charge in [0.05, 0.1) is 18.9 Å². The third kappa shape index (κ3) is 4.09. The molecule has 1 amide bonds. The van der Waals surface area contributed by atoms with Crippen LogP contribution in [0.1, 0.15) is 32.1 Å². The number of thiophene rings is 1. The highest BCUT2D eigenvalue weighted by atomic mass is 32.2. The molecule has 0 spiro atoms. The zero-order chi connectivity index (χ0) is 23.9. The summed E-state index contributed by atoms with van der Waals surface area (Å²) in [7, 11) is -0.724. The van der Waals surface area contributed by atoms with E-state index in [-0.39, 0.29) is 41.9 Å². The molecule has 176 valence electrons. The number of carbonyl (C=O) groups is 2. The number of rotatable bonds is 5. The molecule has 0 radical (unpaired) electrons. The van der Waals surface area contributed by atoms with Crippen LogP contribution < -0.4 is 0 Å². The van der Waals surface area contributed by atoms with E-state index in [1.807, 2.05) is 30.5 Å². The molecule has 4 heterocycles. The number of carbonyl (C=O) groups excluding carboxylic acids is 2. The number of amides is 1. The fourth-order valence-corrected chi connectivity index (χ4v) is 6.68. The van der Waals surface area contributed by atoms with E-state index in [2.05, 4.69) is 9.84 Å². The van der Waals surface area contributed by atoms with Gasteiger partial charge in [-0.15, -0.1) is 11.3 Å². The van der Waals surface area contributed by atoms with Crippen LogP contribution in [0.25, 0.3) is 5.82 Å². The van der Waals surface area contributed by atoms with E-state index in [1.165, 1.54) is 22.9 Å². The Bertz CT molecular complexity index is 1290. The first-order chi connectivity index (χ1) is 15.6. The molecule has 12 heteroatoms. The number of methoxy groups -OCH3 is 1. The number of aryl methyl sites for hydroxylation is 3. The van der Waals surface area contributed by atoms with Crippen LogP contribution in [0.2, 0.25) is 0 Å². The van der Waals surface area contributed by atoms with Crippen LogP contribution in [0.4, 0.5) is 0 Å². The molecule has 3 aromatic rings. The van der Waals surface area contributed by atoms with Gasteiger partial charge in [0, 0.05) is 50.0 Å². The number of piperazine rings is 1. The topological polar surface area (TPSA) is 107 Å². The number of hydrogen-bond acceptors (Lipinski definition) is 7. The molecular weight excluding hydrogens is 466 g/mol. The van der Waals surface area contributed by atoms with Crippen LogP contribution >= 0.6 is 11.3 Å². The molecule has 1 aliphatic rings. The van der Waals surface area contributed by atoms with Crippen LogP contribution in [0.5, 0.6) is 0 Å². The molecule has 0 aromatic carbocycles. The second-order valence-corrected chi connectivity index (χ2v) is 10.9. The third-order valence-electron chi connectivity index (χ3n) is 5.74. The lowest BCUT2D eigenvalue weighted by molar-refractivity contribution is 0.0600. The number of aromatic nitrogens is 3. The first-order valence-corrected chi connectivity index (χ1v) is 12.6. The third-order valence-corrected chi connectivity index (χ3v) is 9.05. The van der Waals surface area contributed by atoms with Crippen molar-refractivity contribution < 1.29 is 22.7 Å². The van der Waals surface area contributed by atoms with Crippen molar-refractivity contribution in [3.63, 3.8) is 0 Å². The smallest absolute Gasteiger partial charge is 0.338 e. The largest absolute Gasteiger partial charge is 0.465 e. The lowest BCUT2D eigenvalue weighted by atomic mass is 10.2. The van der Waals surface area contributed by atoms with Crippen molar-refractivity contribution in [2.24, 2.45) is 7.05 Å². The minimum Gasteiger partial charge on any atom is -0.465 e. The van der Waals surface area contributed by atoms with E-state index in [0.717, 1.165) is 22.7 Å². The monoisotopic (exact) mass is 491 g/mol. The minimum atomic E-state index is -3.76. The summed E-state index contributed by atoms with van der Waals surface area (Å²) >= 11 is 0.979. The fourth-order valence-electron chi connectivity index (χ4n) is 3.96. The van der Waals surface area contributed by atoms with E-state index >= 15 is 0 Å². The van der Waals surface area contributed by atoms with Crippen LogP contribution in [0, 0.1) is 13.8 Å². The first-order valence-electron chi connectivity index (χ1n) is 10.3. The van der Waals surface area contributed by atoms with Gasteiger partial charge in [0.15, 0.2) is 0 Å². The predicted octanol–water partition coefficient (Wildman–Crippen LogP) is 1.82. The maximum atomic E-state index is 13.3. The summed E-state index contributed by atoms with van der Waals surface area (Å²) in [5, 5.41) is 5.76. The van der Waals surface area contributed by atoms with Gasteiger partial charge in [-0.2, -0.15) is 9.40 Å². The Kier molecular flexibility index (Phi) is 6.16. The molecule has 0 saturated carbocycles. The molecular formula is C21H25N5O5S2. The standard InChI is InChI=1S/C21H25N5O5S2/c1-14-5-6-15(2)26(14)19-17(12-22-23(19)3)20(27)24-7-9-25(10-8-24)33(29,30)18-11-16(13-32-18)21(28)31-4/h5-6,11-13H,7-10H2,1-4H3. The van der Waals surface area contributed by atoms with Crippen molar-refractivity contribution in [3.05, 3.63) is 52.3 Å². The van der Waals surface area contributed by atoms with Gasteiger partial charge in [-0.05, 0) is 32.0 Å². The highest BCUT2D eigenvalue weighted by molar-refractivity contribution is 7.91. The van der Waals surface area contributed by atoms with Crippen LogP contribution in [0.3, 0.4) is 0 Å². The van der Waals surface area contributed by atoms with Crippen LogP contribution in [0.15, 0.2) is 34.0 Å². The maximum Gasteiger partial charge on any atom is 0.338 e. The van der Waals surface area contributed by atoms with Crippen molar-refractivity contribution >= 4 is 33.2 Å². The second-order valence-electron chi connectivity index (χ2n) is 7.80. The average molecular weight is 492 g/mol. The van der Waals surface area contributed by atoms with Crippen molar-refractivity contribution in [2.45, 2.75) is 18.1 Å². The van der Waals surface area contributed by atoms with E-state index in [1.54, 1.807) is 22.8 Å². The van der Waals surface area contributed by atoms with E-state index in [4.69, 9.17) is 0 Å². The second kappa shape index (κ2) is 8.76. The molecule has 33 heavy (non-hydrogen) atoms. The Hall–Kier alpha value is -2.96. The molecule has 0 atom stereocenters. The Labute approximate surface area is 196 Å². The van der Waals surface area contributed by atoms with Gasteiger partial charge < -0.3 is 14.2 Å². The minimum absolute atomic E-state index is 0.0794.